The third kappa shape index (κ3) is 3.75. The Labute approximate surface area is 125 Å². The summed E-state index contributed by atoms with van der Waals surface area (Å²) in [5.41, 5.74) is 6.52. The Hall–Kier alpha value is -0.120. The smallest absolute Gasteiger partial charge is 0.0480 e. The lowest BCUT2D eigenvalue weighted by Crippen LogP contribution is -2.59. The molecule has 1 saturated carbocycles. The van der Waals surface area contributed by atoms with Crippen LogP contribution in [0.5, 0.6) is 0 Å². The molecule has 2 unspecified atom stereocenters. The summed E-state index contributed by atoms with van der Waals surface area (Å²) in [6.45, 7) is 7.35. The van der Waals surface area contributed by atoms with Crippen LogP contribution < -0.4 is 5.73 Å². The van der Waals surface area contributed by atoms with Crippen LogP contribution in [0.25, 0.3) is 0 Å². The zero-order chi connectivity index (χ0) is 14.6. The molecule has 0 aromatic heterocycles. The van der Waals surface area contributed by atoms with E-state index in [1.54, 1.807) is 0 Å². The van der Waals surface area contributed by atoms with Crippen molar-refractivity contribution in [2.24, 2.45) is 17.6 Å². The first-order valence-corrected chi connectivity index (χ1v) is 8.58. The molecule has 3 heteroatoms. The van der Waals surface area contributed by atoms with E-state index in [1.807, 2.05) is 0 Å². The highest BCUT2D eigenvalue weighted by Crippen LogP contribution is 2.40. The van der Waals surface area contributed by atoms with E-state index in [0.29, 0.717) is 6.04 Å². The fourth-order valence-corrected chi connectivity index (χ4v) is 4.44. The maximum atomic E-state index is 6.27. The van der Waals surface area contributed by atoms with Crippen molar-refractivity contribution < 1.29 is 4.74 Å². The summed E-state index contributed by atoms with van der Waals surface area (Å²) >= 11 is 0. The predicted molar refractivity (Wildman–Crippen MR) is 84.8 cm³/mol. The standard InChI is InChI=1S/C17H34N2O/c1-14(2)11-15-5-4-8-17(12-15,13-18)19(3)16-6-9-20-10-7-16/h14-16H,4-13,18H2,1-3H3. The molecule has 2 rings (SSSR count). The molecule has 0 aromatic rings. The predicted octanol–water partition coefficient (Wildman–Crippen LogP) is 3.03. The van der Waals surface area contributed by atoms with Crippen molar-refractivity contribution in [3.05, 3.63) is 0 Å². The minimum Gasteiger partial charge on any atom is -0.381 e. The van der Waals surface area contributed by atoms with Crippen molar-refractivity contribution in [3.63, 3.8) is 0 Å². The average Bonchev–Trinajstić information content (AvgIpc) is 2.47. The molecule has 0 radical (unpaired) electrons. The molecule has 1 aliphatic carbocycles. The van der Waals surface area contributed by atoms with Crippen LogP contribution in [0.2, 0.25) is 0 Å². The Morgan fingerprint density at radius 3 is 2.55 bits per heavy atom. The highest BCUT2D eigenvalue weighted by molar-refractivity contribution is 4.98. The van der Waals surface area contributed by atoms with E-state index in [1.165, 1.54) is 44.9 Å². The maximum Gasteiger partial charge on any atom is 0.0480 e. The zero-order valence-electron chi connectivity index (χ0n) is 13.7. The van der Waals surface area contributed by atoms with Gasteiger partial charge in [0.2, 0.25) is 0 Å². The number of nitrogens with zero attached hydrogens (tertiary/aromatic N) is 1. The van der Waals surface area contributed by atoms with Gasteiger partial charge < -0.3 is 10.5 Å². The van der Waals surface area contributed by atoms with Gasteiger partial charge in [0.05, 0.1) is 0 Å². The molecule has 0 bridgehead atoms. The Morgan fingerprint density at radius 2 is 1.95 bits per heavy atom. The van der Waals surface area contributed by atoms with E-state index in [2.05, 4.69) is 25.8 Å². The second-order valence-corrected chi connectivity index (χ2v) is 7.47. The largest absolute Gasteiger partial charge is 0.381 e. The van der Waals surface area contributed by atoms with Gasteiger partial charge in [0.25, 0.3) is 0 Å². The molecule has 0 aromatic carbocycles. The van der Waals surface area contributed by atoms with Crippen LogP contribution >= 0.6 is 0 Å². The normalized spacial score (nSPS) is 33.0. The van der Waals surface area contributed by atoms with E-state index in [4.69, 9.17) is 10.5 Å². The zero-order valence-corrected chi connectivity index (χ0v) is 13.7. The summed E-state index contributed by atoms with van der Waals surface area (Å²) in [6.07, 6.45) is 9.05. The van der Waals surface area contributed by atoms with E-state index < -0.39 is 0 Å². The highest BCUT2D eigenvalue weighted by Gasteiger charge is 2.41. The van der Waals surface area contributed by atoms with Gasteiger partial charge in [0.1, 0.15) is 0 Å². The maximum absolute atomic E-state index is 6.27. The van der Waals surface area contributed by atoms with Gasteiger partial charge in [-0.05, 0) is 51.0 Å². The van der Waals surface area contributed by atoms with Gasteiger partial charge in [-0.15, -0.1) is 0 Å². The first-order valence-electron chi connectivity index (χ1n) is 8.58. The second-order valence-electron chi connectivity index (χ2n) is 7.47. The van der Waals surface area contributed by atoms with Gasteiger partial charge in [0.15, 0.2) is 0 Å². The molecule has 2 N–H and O–H groups in total. The fourth-order valence-electron chi connectivity index (χ4n) is 4.44. The monoisotopic (exact) mass is 282 g/mol. The first-order chi connectivity index (χ1) is 9.57. The summed E-state index contributed by atoms with van der Waals surface area (Å²) in [5.74, 6) is 1.68. The van der Waals surface area contributed by atoms with Crippen molar-refractivity contribution in [1.82, 2.24) is 4.90 Å². The second kappa shape index (κ2) is 7.24. The van der Waals surface area contributed by atoms with Crippen LogP contribution in [0.4, 0.5) is 0 Å². The van der Waals surface area contributed by atoms with Crippen LogP contribution in [-0.2, 0) is 4.74 Å². The van der Waals surface area contributed by atoms with E-state index in [9.17, 15) is 0 Å². The van der Waals surface area contributed by atoms with Crippen molar-refractivity contribution in [1.29, 1.82) is 0 Å². The molecule has 118 valence electrons. The Balaban J connectivity index is 2.02. The van der Waals surface area contributed by atoms with Gasteiger partial charge in [-0.2, -0.15) is 0 Å². The fraction of sp³-hybridized carbons (Fsp3) is 1.00. The van der Waals surface area contributed by atoms with E-state index >= 15 is 0 Å². The number of ether oxygens (including phenoxy) is 1. The van der Waals surface area contributed by atoms with Gasteiger partial charge >= 0.3 is 0 Å². The molecule has 20 heavy (non-hydrogen) atoms. The summed E-state index contributed by atoms with van der Waals surface area (Å²) < 4.78 is 5.52. The number of nitrogens with two attached hydrogens (primary N) is 1. The molecule has 0 spiro atoms. The molecule has 2 atom stereocenters. The lowest BCUT2D eigenvalue weighted by Gasteiger charge is -2.50. The molecule has 1 heterocycles. The van der Waals surface area contributed by atoms with Crippen LogP contribution in [0.1, 0.15) is 58.8 Å². The Bertz CT molecular complexity index is 289. The molecule has 1 saturated heterocycles. The minimum atomic E-state index is 0.250. The summed E-state index contributed by atoms with van der Waals surface area (Å²) in [4.78, 5) is 2.64. The number of likely N-dealkylation sites (N-methyl/N-ethyl adjacent to an activating group) is 1. The van der Waals surface area contributed by atoms with Crippen molar-refractivity contribution >= 4 is 0 Å². The van der Waals surface area contributed by atoms with Gasteiger partial charge in [0, 0.05) is 31.3 Å². The molecule has 3 nitrogen and oxygen atoms in total. The van der Waals surface area contributed by atoms with Crippen LogP contribution in [-0.4, -0.2) is 43.3 Å². The van der Waals surface area contributed by atoms with E-state index in [-0.39, 0.29) is 5.54 Å². The number of rotatable bonds is 5. The summed E-state index contributed by atoms with van der Waals surface area (Å²) in [5, 5.41) is 0. The summed E-state index contributed by atoms with van der Waals surface area (Å²) in [7, 11) is 2.32. The van der Waals surface area contributed by atoms with Crippen molar-refractivity contribution in [2.45, 2.75) is 70.4 Å². The SMILES string of the molecule is CC(C)CC1CCCC(CN)(N(C)C2CCOCC2)C1. The Morgan fingerprint density at radius 1 is 1.25 bits per heavy atom. The molecule has 2 fully saturated rings. The molecular formula is C17H34N2O. The molecule has 2 aliphatic rings. The average molecular weight is 282 g/mol. The van der Waals surface area contributed by atoms with Crippen LogP contribution in [0.3, 0.4) is 0 Å². The van der Waals surface area contributed by atoms with Crippen LogP contribution in [0, 0.1) is 11.8 Å². The molecular weight excluding hydrogens is 248 g/mol. The third-order valence-electron chi connectivity index (χ3n) is 5.59. The lowest BCUT2D eigenvalue weighted by atomic mass is 9.71. The quantitative estimate of drug-likeness (QED) is 0.842. The summed E-state index contributed by atoms with van der Waals surface area (Å²) in [6, 6.07) is 0.671. The van der Waals surface area contributed by atoms with Gasteiger partial charge in [-0.25, -0.2) is 0 Å². The van der Waals surface area contributed by atoms with Crippen LogP contribution in [0.15, 0.2) is 0 Å². The van der Waals surface area contributed by atoms with Gasteiger partial charge in [-0.1, -0.05) is 26.7 Å². The third-order valence-corrected chi connectivity index (χ3v) is 5.59. The van der Waals surface area contributed by atoms with Crippen molar-refractivity contribution in [3.8, 4) is 0 Å². The Kier molecular flexibility index (Phi) is 5.88. The first kappa shape index (κ1) is 16.3. The van der Waals surface area contributed by atoms with Crippen molar-refractivity contribution in [2.75, 3.05) is 26.8 Å². The molecule has 0 amide bonds. The molecule has 1 aliphatic heterocycles. The number of hydrogen-bond donors (Lipinski definition) is 1. The minimum absolute atomic E-state index is 0.250. The number of hydrogen-bond acceptors (Lipinski definition) is 3. The van der Waals surface area contributed by atoms with E-state index in [0.717, 1.165) is 31.6 Å². The highest BCUT2D eigenvalue weighted by atomic mass is 16.5. The van der Waals surface area contributed by atoms with Gasteiger partial charge in [-0.3, -0.25) is 4.90 Å². The lowest BCUT2D eigenvalue weighted by molar-refractivity contribution is -0.0265. The topological polar surface area (TPSA) is 38.5 Å².